The molecule has 0 radical (unpaired) electrons. The first-order chi connectivity index (χ1) is 18.5. The molecule has 2 fully saturated rings. The van der Waals surface area contributed by atoms with E-state index in [0.717, 1.165) is 0 Å². The van der Waals surface area contributed by atoms with Crippen molar-refractivity contribution >= 4 is 36.7 Å². The minimum Gasteiger partial charge on any atom is -0.414 e. The minimum atomic E-state index is -3.04. The molecule has 2 aromatic heterocycles. The molecular formula is C27H47N5O5Si3. The van der Waals surface area contributed by atoms with Crippen LogP contribution in [0.3, 0.4) is 0 Å². The fraction of sp³-hybridized carbons (Fsp3) is 0.741. The average molecular weight is 606 g/mol. The quantitative estimate of drug-likeness (QED) is 0.368. The Kier molecular flexibility index (Phi) is 8.52. The Bertz CT molecular complexity index is 1270. The molecule has 0 aliphatic carbocycles. The highest BCUT2D eigenvalue weighted by molar-refractivity contribution is 6.84. The van der Waals surface area contributed by atoms with E-state index in [-0.39, 0.29) is 34.6 Å². The number of nitrogen functional groups attached to an aromatic ring is 1. The van der Waals surface area contributed by atoms with Gasteiger partial charge in [-0.1, -0.05) is 81.0 Å². The van der Waals surface area contributed by atoms with Crippen molar-refractivity contribution in [2.24, 2.45) is 0 Å². The van der Waals surface area contributed by atoms with Crippen molar-refractivity contribution in [3.05, 3.63) is 18.2 Å². The Morgan fingerprint density at radius 1 is 1.02 bits per heavy atom. The van der Waals surface area contributed by atoms with E-state index in [1.807, 2.05) is 0 Å². The molecule has 0 aromatic carbocycles. The number of hydrogen-bond acceptors (Lipinski definition) is 9. The highest BCUT2D eigenvalue weighted by Crippen LogP contribution is 2.51. The topological polar surface area (TPSA) is 126 Å². The van der Waals surface area contributed by atoms with Crippen molar-refractivity contribution in [1.29, 1.82) is 0 Å². The lowest BCUT2D eigenvalue weighted by Crippen LogP contribution is -2.67. The number of fused-ring (bicyclic) bond motifs is 2. The van der Waals surface area contributed by atoms with Crippen molar-refractivity contribution in [2.75, 3.05) is 12.3 Å². The molecule has 10 nitrogen and oxygen atoms in total. The van der Waals surface area contributed by atoms with Crippen LogP contribution in [0.1, 0.15) is 67.2 Å². The fourth-order valence-corrected chi connectivity index (χ4v) is 17.7. The summed E-state index contributed by atoms with van der Waals surface area (Å²) in [5.74, 6) is 3.51. The summed E-state index contributed by atoms with van der Waals surface area (Å²) < 4.78 is 29.8. The van der Waals surface area contributed by atoms with Crippen molar-refractivity contribution in [3.8, 4) is 11.5 Å². The molecule has 0 unspecified atom stereocenters. The molecule has 4 heterocycles. The molecule has 2 aliphatic heterocycles. The van der Waals surface area contributed by atoms with Crippen LogP contribution in [0, 0.1) is 11.5 Å². The van der Waals surface area contributed by atoms with Gasteiger partial charge in [-0.25, -0.2) is 14.5 Å². The number of nitrogens with zero attached hydrogens (tertiary/aromatic N) is 4. The van der Waals surface area contributed by atoms with Gasteiger partial charge in [0.1, 0.15) is 32.7 Å². The molecule has 40 heavy (non-hydrogen) atoms. The second-order valence-electron chi connectivity index (χ2n) is 13.5. The second-order valence-corrected chi connectivity index (χ2v) is 27.1. The van der Waals surface area contributed by atoms with E-state index < -0.39 is 49.1 Å². The van der Waals surface area contributed by atoms with Crippen molar-refractivity contribution in [1.82, 2.24) is 19.6 Å². The van der Waals surface area contributed by atoms with Gasteiger partial charge in [0.05, 0.1) is 18.5 Å². The van der Waals surface area contributed by atoms with Crippen LogP contribution in [0.2, 0.25) is 41.8 Å². The van der Waals surface area contributed by atoms with Gasteiger partial charge in [-0.15, -0.1) is 5.54 Å². The van der Waals surface area contributed by atoms with E-state index in [1.54, 1.807) is 10.7 Å². The summed E-state index contributed by atoms with van der Waals surface area (Å²) >= 11 is 0. The minimum absolute atomic E-state index is 0.0933. The lowest BCUT2D eigenvalue weighted by atomic mass is 9.90. The zero-order valence-corrected chi connectivity index (χ0v) is 28.8. The Balaban J connectivity index is 1.94. The predicted octanol–water partition coefficient (Wildman–Crippen LogP) is 4.71. The molecule has 2 aromatic rings. The lowest BCUT2D eigenvalue weighted by Gasteiger charge is -2.52. The third kappa shape index (κ3) is 5.22. The highest BCUT2D eigenvalue weighted by Gasteiger charge is 2.65. The van der Waals surface area contributed by atoms with Crippen LogP contribution in [0.15, 0.2) is 12.5 Å². The normalized spacial score (nSPS) is 28.6. The summed E-state index contributed by atoms with van der Waals surface area (Å²) in [5.41, 5.74) is 9.28. The van der Waals surface area contributed by atoms with Crippen LogP contribution in [0.4, 0.5) is 5.82 Å². The van der Waals surface area contributed by atoms with Gasteiger partial charge in [0.25, 0.3) is 0 Å². The van der Waals surface area contributed by atoms with Crippen LogP contribution in [0.25, 0.3) is 5.65 Å². The van der Waals surface area contributed by atoms with Gasteiger partial charge in [-0.3, -0.25) is 0 Å². The number of nitrogens with two attached hydrogens (primary N) is 1. The molecule has 222 valence electrons. The second kappa shape index (κ2) is 10.9. The molecule has 13 heteroatoms. The fourth-order valence-electron chi connectivity index (χ4n) is 5.95. The number of anilines is 1. The summed E-state index contributed by atoms with van der Waals surface area (Å²) in [5, 5.41) is 17.1. The number of rotatable bonds is 5. The third-order valence-electron chi connectivity index (χ3n) is 8.07. The smallest absolute Gasteiger partial charge is 0.335 e. The Labute approximate surface area is 241 Å². The van der Waals surface area contributed by atoms with E-state index in [1.165, 1.54) is 6.33 Å². The van der Waals surface area contributed by atoms with Gasteiger partial charge in [-0.2, -0.15) is 5.10 Å². The summed E-state index contributed by atoms with van der Waals surface area (Å²) in [6.45, 7) is 24.0. The van der Waals surface area contributed by atoms with E-state index in [0.29, 0.717) is 11.3 Å². The van der Waals surface area contributed by atoms with Crippen LogP contribution in [-0.4, -0.2) is 74.3 Å². The van der Waals surface area contributed by atoms with Gasteiger partial charge < -0.3 is 28.5 Å². The van der Waals surface area contributed by atoms with Crippen molar-refractivity contribution in [2.45, 2.75) is 121 Å². The Hall–Kier alpha value is -1.64. The maximum Gasteiger partial charge on any atom is 0.335 e. The molecule has 0 spiro atoms. The number of hydrogen-bond donors (Lipinski definition) is 2. The number of ether oxygens (including phenoxy) is 1. The van der Waals surface area contributed by atoms with Gasteiger partial charge in [0.2, 0.25) is 0 Å². The first-order valence-electron chi connectivity index (χ1n) is 14.4. The molecule has 0 saturated carbocycles. The Morgan fingerprint density at radius 2 is 1.62 bits per heavy atom. The summed E-state index contributed by atoms with van der Waals surface area (Å²) in [7, 11) is -7.72. The Morgan fingerprint density at radius 3 is 2.17 bits per heavy atom. The van der Waals surface area contributed by atoms with Crippen LogP contribution in [-0.2, 0) is 17.7 Å². The van der Waals surface area contributed by atoms with Gasteiger partial charge in [0.15, 0.2) is 17.1 Å². The zero-order chi connectivity index (χ0) is 29.8. The third-order valence-corrected chi connectivity index (χ3v) is 19.2. The van der Waals surface area contributed by atoms with E-state index in [9.17, 15) is 5.11 Å². The summed E-state index contributed by atoms with van der Waals surface area (Å²) in [4.78, 5) is 8.51. The van der Waals surface area contributed by atoms with E-state index in [4.69, 9.17) is 23.4 Å². The molecular weight excluding hydrogens is 559 g/mol. The standard InChI is InChI=1S/C27H47N5O5Si3/c1-17(2)39(18(3)4)34-15-22-24(36-40(37-39,19(5)6)20(7)8)27(33,12-13-38(9,10)11)23(35-22)21-14-29-26-25(28)30-16-31-32(21)26/h14,16-20,22-24,33H,15H2,1-11H3,(H2,28,30,31)/t22-,23+,24-,27+/m1/s1. The SMILES string of the molecule is CC(C)[Si]1(C(C)C)OC[C@H]2O[C@@H](c3cnc4c(N)ncnn34)[C@@](O)(C#C[Si](C)(C)C)[C@@H]2O[Si](C(C)C)(C(C)C)O1. The van der Waals surface area contributed by atoms with Gasteiger partial charge in [0, 0.05) is 0 Å². The number of imidazole rings is 1. The van der Waals surface area contributed by atoms with Gasteiger partial charge in [-0.05, 0) is 22.2 Å². The monoisotopic (exact) mass is 605 g/mol. The predicted molar refractivity (Wildman–Crippen MR) is 163 cm³/mol. The van der Waals surface area contributed by atoms with E-state index >= 15 is 0 Å². The maximum atomic E-state index is 12.7. The van der Waals surface area contributed by atoms with E-state index in [2.05, 4.69) is 102 Å². The van der Waals surface area contributed by atoms with Crippen molar-refractivity contribution < 1.29 is 22.8 Å². The number of aliphatic hydroxyl groups is 1. The summed E-state index contributed by atoms with van der Waals surface area (Å²) in [6.07, 6.45) is 0.714. The molecule has 0 bridgehead atoms. The summed E-state index contributed by atoms with van der Waals surface area (Å²) in [6, 6.07) is 0. The highest BCUT2D eigenvalue weighted by atomic mass is 28.5. The molecule has 3 N–H and O–H groups in total. The van der Waals surface area contributed by atoms with Crippen molar-refractivity contribution in [3.63, 3.8) is 0 Å². The molecule has 2 aliphatic rings. The molecule has 2 saturated heterocycles. The van der Waals surface area contributed by atoms with Gasteiger partial charge >= 0.3 is 17.1 Å². The average Bonchev–Trinajstić information content (AvgIpc) is 3.36. The lowest BCUT2D eigenvalue weighted by molar-refractivity contribution is -0.0437. The largest absolute Gasteiger partial charge is 0.414 e. The van der Waals surface area contributed by atoms with Crippen LogP contribution >= 0.6 is 0 Å². The molecule has 0 amide bonds. The molecule has 4 rings (SSSR count). The van der Waals surface area contributed by atoms with Crippen LogP contribution < -0.4 is 5.73 Å². The van der Waals surface area contributed by atoms with Crippen LogP contribution in [0.5, 0.6) is 0 Å². The first-order valence-corrected chi connectivity index (χ1v) is 21.8. The zero-order valence-electron chi connectivity index (χ0n) is 25.8. The molecule has 4 atom stereocenters. The maximum absolute atomic E-state index is 12.7. The number of aromatic nitrogens is 4. The first kappa shape index (κ1) is 31.3.